The van der Waals surface area contributed by atoms with Gasteiger partial charge in [-0.3, -0.25) is 9.59 Å². The second-order valence-electron chi connectivity index (χ2n) is 5.56. The minimum Gasteiger partial charge on any atom is -0.339 e. The van der Waals surface area contributed by atoms with Crippen LogP contribution in [0.2, 0.25) is 0 Å². The summed E-state index contributed by atoms with van der Waals surface area (Å²) in [5.74, 6) is 0.0355. The number of carbonyl (C=O) groups is 2. The molecule has 0 aromatic heterocycles. The highest BCUT2D eigenvalue weighted by molar-refractivity contribution is 5.95. The van der Waals surface area contributed by atoms with Gasteiger partial charge in [-0.1, -0.05) is 12.8 Å². The summed E-state index contributed by atoms with van der Waals surface area (Å²) in [7, 11) is 0. The summed E-state index contributed by atoms with van der Waals surface area (Å²) in [5.41, 5.74) is 6.81. The fraction of sp³-hybridized carbons (Fsp3) is 0.556. The van der Waals surface area contributed by atoms with Gasteiger partial charge in [0.1, 0.15) is 0 Å². The van der Waals surface area contributed by atoms with Crippen molar-refractivity contribution in [3.63, 3.8) is 0 Å². The van der Waals surface area contributed by atoms with E-state index in [1.807, 2.05) is 13.8 Å². The Bertz CT molecular complexity index is 482. The number of hydrogen-bond donors (Lipinski definition) is 2. The third-order valence-corrected chi connectivity index (χ3v) is 3.82. The Labute approximate surface area is 139 Å². The lowest BCUT2D eigenvalue weighted by Crippen LogP contribution is -2.30. The summed E-state index contributed by atoms with van der Waals surface area (Å²) in [6.07, 6.45) is 4.52. The monoisotopic (exact) mass is 319 g/mol. The van der Waals surface area contributed by atoms with Gasteiger partial charge >= 0.3 is 0 Å². The average Bonchev–Trinajstić information content (AvgIpc) is 2.56. The topological polar surface area (TPSA) is 75.4 Å². The van der Waals surface area contributed by atoms with Crippen molar-refractivity contribution in [2.75, 3.05) is 25.0 Å². The second-order valence-corrected chi connectivity index (χ2v) is 5.56. The van der Waals surface area contributed by atoms with Gasteiger partial charge in [-0.25, -0.2) is 0 Å². The van der Waals surface area contributed by atoms with Gasteiger partial charge in [0.05, 0.1) is 0 Å². The summed E-state index contributed by atoms with van der Waals surface area (Å²) in [6, 6.07) is 7.08. The molecule has 0 bridgehead atoms. The molecule has 0 aliphatic rings. The summed E-state index contributed by atoms with van der Waals surface area (Å²) < 4.78 is 0. The smallest absolute Gasteiger partial charge is 0.253 e. The second kappa shape index (κ2) is 10.8. The molecule has 0 heterocycles. The lowest BCUT2D eigenvalue weighted by molar-refractivity contribution is -0.116. The van der Waals surface area contributed by atoms with E-state index in [0.717, 1.165) is 31.4 Å². The molecular formula is C18H29N3O2. The van der Waals surface area contributed by atoms with Crippen LogP contribution in [-0.4, -0.2) is 36.3 Å². The van der Waals surface area contributed by atoms with Gasteiger partial charge < -0.3 is 16.0 Å². The molecule has 1 aromatic rings. The molecule has 1 rings (SSSR count). The Hall–Kier alpha value is -1.88. The molecule has 128 valence electrons. The molecule has 0 unspecified atom stereocenters. The predicted octanol–water partition coefficient (Wildman–Crippen LogP) is 3.02. The Balaban J connectivity index is 2.44. The first kappa shape index (κ1) is 19.2. The van der Waals surface area contributed by atoms with Gasteiger partial charge in [0.15, 0.2) is 0 Å². The van der Waals surface area contributed by atoms with Crippen LogP contribution in [0.1, 0.15) is 56.3 Å². The van der Waals surface area contributed by atoms with Crippen LogP contribution in [0.3, 0.4) is 0 Å². The Kier molecular flexibility index (Phi) is 8.98. The highest BCUT2D eigenvalue weighted by atomic mass is 16.2. The van der Waals surface area contributed by atoms with Gasteiger partial charge in [-0.2, -0.15) is 0 Å². The van der Waals surface area contributed by atoms with Crippen molar-refractivity contribution >= 4 is 17.5 Å². The fourth-order valence-corrected chi connectivity index (χ4v) is 2.40. The van der Waals surface area contributed by atoms with Crippen LogP contribution in [-0.2, 0) is 4.79 Å². The van der Waals surface area contributed by atoms with Gasteiger partial charge in [0.25, 0.3) is 5.91 Å². The van der Waals surface area contributed by atoms with Crippen LogP contribution < -0.4 is 11.1 Å². The number of benzene rings is 1. The van der Waals surface area contributed by atoms with Crippen LogP contribution in [0.25, 0.3) is 0 Å². The van der Waals surface area contributed by atoms with Gasteiger partial charge in [0.2, 0.25) is 5.91 Å². The molecule has 0 saturated heterocycles. The minimum absolute atomic E-state index is 0.0144. The highest BCUT2D eigenvalue weighted by Gasteiger charge is 2.12. The van der Waals surface area contributed by atoms with Crippen LogP contribution >= 0.6 is 0 Å². The molecular weight excluding hydrogens is 290 g/mol. The van der Waals surface area contributed by atoms with Crippen molar-refractivity contribution in [1.82, 2.24) is 4.90 Å². The first-order valence-corrected chi connectivity index (χ1v) is 8.51. The van der Waals surface area contributed by atoms with Crippen molar-refractivity contribution in [3.05, 3.63) is 29.8 Å². The molecule has 3 N–H and O–H groups in total. The molecule has 0 spiro atoms. The third kappa shape index (κ3) is 6.82. The number of nitrogens with two attached hydrogens (primary N) is 1. The van der Waals surface area contributed by atoms with Crippen molar-refractivity contribution in [2.45, 2.75) is 46.0 Å². The van der Waals surface area contributed by atoms with Gasteiger partial charge in [0, 0.05) is 30.8 Å². The number of carbonyl (C=O) groups excluding carboxylic acids is 2. The first-order valence-electron chi connectivity index (χ1n) is 8.51. The molecule has 0 radical (unpaired) electrons. The van der Waals surface area contributed by atoms with Gasteiger partial charge in [-0.05, 0) is 57.5 Å². The molecule has 1 aromatic carbocycles. The van der Waals surface area contributed by atoms with E-state index in [0.29, 0.717) is 31.6 Å². The average molecular weight is 319 g/mol. The van der Waals surface area contributed by atoms with Crippen molar-refractivity contribution in [1.29, 1.82) is 0 Å². The van der Waals surface area contributed by atoms with Crippen molar-refractivity contribution < 1.29 is 9.59 Å². The molecule has 23 heavy (non-hydrogen) atoms. The number of unbranched alkanes of at least 4 members (excludes halogenated alkanes) is 3. The van der Waals surface area contributed by atoms with E-state index >= 15 is 0 Å². The van der Waals surface area contributed by atoms with Crippen LogP contribution in [0.15, 0.2) is 24.3 Å². The molecule has 0 atom stereocenters. The maximum Gasteiger partial charge on any atom is 0.253 e. The minimum atomic E-state index is 0.0144. The molecule has 0 saturated carbocycles. The standard InChI is InChI=1S/C18H29N3O2/c1-3-21(4-2)18(23)15-10-12-16(13-11-15)20-17(22)9-7-5-6-8-14-19/h10-13H,3-9,14,19H2,1-2H3,(H,20,22). The number of amides is 2. The van der Waals surface area contributed by atoms with E-state index in [1.54, 1.807) is 29.2 Å². The Morgan fingerprint density at radius 2 is 1.61 bits per heavy atom. The van der Waals surface area contributed by atoms with E-state index in [4.69, 9.17) is 5.73 Å². The lowest BCUT2D eigenvalue weighted by atomic mass is 10.1. The number of rotatable bonds is 10. The molecule has 2 amide bonds. The fourth-order valence-electron chi connectivity index (χ4n) is 2.40. The summed E-state index contributed by atoms with van der Waals surface area (Å²) in [5, 5.41) is 2.87. The van der Waals surface area contributed by atoms with Crippen molar-refractivity contribution in [2.24, 2.45) is 5.73 Å². The maximum absolute atomic E-state index is 12.2. The highest BCUT2D eigenvalue weighted by Crippen LogP contribution is 2.13. The number of nitrogens with one attached hydrogen (secondary N) is 1. The summed E-state index contributed by atoms with van der Waals surface area (Å²) >= 11 is 0. The summed E-state index contributed by atoms with van der Waals surface area (Å²) in [4.78, 5) is 25.8. The summed E-state index contributed by atoms with van der Waals surface area (Å²) in [6.45, 7) is 6.02. The van der Waals surface area contributed by atoms with Crippen LogP contribution in [0, 0.1) is 0 Å². The molecule has 5 heteroatoms. The molecule has 5 nitrogen and oxygen atoms in total. The van der Waals surface area contributed by atoms with Crippen LogP contribution in [0.4, 0.5) is 5.69 Å². The Morgan fingerprint density at radius 3 is 2.17 bits per heavy atom. The predicted molar refractivity (Wildman–Crippen MR) is 94.5 cm³/mol. The number of hydrogen-bond acceptors (Lipinski definition) is 3. The zero-order valence-electron chi connectivity index (χ0n) is 14.3. The quantitative estimate of drug-likeness (QED) is 0.651. The SMILES string of the molecule is CCN(CC)C(=O)c1ccc(NC(=O)CCCCCCN)cc1. The molecule has 0 aliphatic carbocycles. The maximum atomic E-state index is 12.2. The van der Waals surface area contributed by atoms with E-state index < -0.39 is 0 Å². The van der Waals surface area contributed by atoms with Crippen molar-refractivity contribution in [3.8, 4) is 0 Å². The van der Waals surface area contributed by atoms with Gasteiger partial charge in [-0.15, -0.1) is 0 Å². The number of nitrogens with zero attached hydrogens (tertiary/aromatic N) is 1. The van der Waals surface area contributed by atoms with E-state index in [9.17, 15) is 9.59 Å². The first-order chi connectivity index (χ1) is 11.1. The van der Waals surface area contributed by atoms with E-state index in [2.05, 4.69) is 5.32 Å². The zero-order valence-corrected chi connectivity index (χ0v) is 14.3. The van der Waals surface area contributed by atoms with E-state index in [-0.39, 0.29) is 11.8 Å². The Morgan fingerprint density at radius 1 is 1.00 bits per heavy atom. The number of anilines is 1. The molecule has 0 fully saturated rings. The zero-order chi connectivity index (χ0) is 17.1. The van der Waals surface area contributed by atoms with E-state index in [1.165, 1.54) is 0 Å². The normalized spacial score (nSPS) is 10.4. The largest absolute Gasteiger partial charge is 0.339 e. The lowest BCUT2D eigenvalue weighted by Gasteiger charge is -2.18. The van der Waals surface area contributed by atoms with Crippen LogP contribution in [0.5, 0.6) is 0 Å². The third-order valence-electron chi connectivity index (χ3n) is 3.82. The molecule has 0 aliphatic heterocycles.